The van der Waals surface area contributed by atoms with Crippen LogP contribution in [0.4, 0.5) is 0 Å². The number of aliphatic carboxylic acids is 1. The molecule has 2 fully saturated rings. The summed E-state index contributed by atoms with van der Waals surface area (Å²) in [6.45, 7) is 1.23. The Labute approximate surface area is 320 Å². The average molecular weight is 748 g/mol. The van der Waals surface area contributed by atoms with Crippen LogP contribution in [0.1, 0.15) is 80.0 Å². The molecule has 4 atom stereocenters. The first-order valence-corrected chi connectivity index (χ1v) is 19.3. The number of carboxylic acids is 1. The molecule has 3 aromatic rings. The van der Waals surface area contributed by atoms with Crippen molar-refractivity contribution in [2.24, 2.45) is 0 Å². The van der Waals surface area contributed by atoms with Gasteiger partial charge in [-0.2, -0.15) is 4.65 Å². The molecule has 2 N–H and O–H groups in total. The van der Waals surface area contributed by atoms with E-state index >= 15 is 0 Å². The molecule has 11 heteroatoms. The molecule has 1 aliphatic heterocycles. The van der Waals surface area contributed by atoms with Crippen molar-refractivity contribution < 1.29 is 48.1 Å². The molecule has 3 aromatic carbocycles. The number of aryl methyl sites for hydroxylation is 3. The second kappa shape index (κ2) is 17.5. The van der Waals surface area contributed by atoms with Gasteiger partial charge in [0.1, 0.15) is 42.0 Å². The molecule has 1 saturated heterocycles. The maximum Gasteiger partial charge on any atom is 0.306 e. The van der Waals surface area contributed by atoms with Crippen molar-refractivity contribution in [3.05, 3.63) is 94.2 Å². The van der Waals surface area contributed by atoms with Crippen LogP contribution in [0.2, 0.25) is 0 Å². The second-order valence-electron chi connectivity index (χ2n) is 15.8. The molecule has 0 aromatic heterocycles. The van der Waals surface area contributed by atoms with Crippen LogP contribution < -0.4 is 14.2 Å². The standard InChI is InChI=1S/C25H33NO7.C18H25NO2/c1-26(2,30)16-15-22(33-25(29)14-13-24(27)28)18-32-23-10-5-4-8-20(23)12-11-19-7-6-9-21(17-19)31-3;1-19(20)12-11-17-8-3-4-9-18(17,19)10-7-14-5-6-15(21-2)13-16(14)17/h4-10,17,22,30H,11-16,18H2,1-3H3;5-6,13H,3-4,7-12H2,1-2H3/p+1/t;17-,18+,19?/m.1/s1. The minimum atomic E-state index is -1.06. The summed E-state index contributed by atoms with van der Waals surface area (Å²) in [7, 11) is 8.55. The van der Waals surface area contributed by atoms with Gasteiger partial charge in [-0.05, 0) is 84.7 Å². The van der Waals surface area contributed by atoms with Crippen LogP contribution in [-0.4, -0.2) is 98.2 Å². The Balaban J connectivity index is 0.000000227. The van der Waals surface area contributed by atoms with Crippen molar-refractivity contribution in [1.29, 1.82) is 0 Å². The second-order valence-corrected chi connectivity index (χ2v) is 15.8. The smallest absolute Gasteiger partial charge is 0.306 e. The van der Waals surface area contributed by atoms with E-state index in [-0.39, 0.29) is 39.7 Å². The fourth-order valence-electron chi connectivity index (χ4n) is 9.02. The van der Waals surface area contributed by atoms with Crippen LogP contribution in [-0.2, 0) is 39.0 Å². The summed E-state index contributed by atoms with van der Waals surface area (Å²) >= 11 is 0. The number of rotatable bonds is 15. The van der Waals surface area contributed by atoms with Gasteiger partial charge in [0.25, 0.3) is 0 Å². The van der Waals surface area contributed by atoms with Gasteiger partial charge in [-0.3, -0.25) is 9.59 Å². The summed E-state index contributed by atoms with van der Waals surface area (Å²) in [5.74, 6) is 0.800. The van der Waals surface area contributed by atoms with Gasteiger partial charge in [0, 0.05) is 25.7 Å². The van der Waals surface area contributed by atoms with E-state index in [1.165, 1.54) is 30.4 Å². The van der Waals surface area contributed by atoms with Crippen LogP contribution >= 0.6 is 0 Å². The number of benzene rings is 3. The van der Waals surface area contributed by atoms with E-state index in [1.807, 2.05) is 55.6 Å². The Morgan fingerprint density at radius 3 is 2.39 bits per heavy atom. The number of hydrogen-bond donors (Lipinski definition) is 2. The van der Waals surface area contributed by atoms with Crippen LogP contribution in [0.5, 0.6) is 17.2 Å². The zero-order valence-corrected chi connectivity index (χ0v) is 32.7. The topological polar surface area (TPSA) is 135 Å². The molecule has 0 spiro atoms. The Morgan fingerprint density at radius 2 is 1.65 bits per heavy atom. The monoisotopic (exact) mass is 747 g/mol. The number of carbonyl (C=O) groups is 2. The lowest BCUT2D eigenvalue weighted by Crippen LogP contribution is -2.65. The Bertz CT molecular complexity index is 1740. The van der Waals surface area contributed by atoms with Crippen LogP contribution in [0, 0.1) is 5.21 Å². The largest absolute Gasteiger partial charge is 0.633 e. The fraction of sp³-hybridized carbons (Fsp3) is 0.535. The summed E-state index contributed by atoms with van der Waals surface area (Å²) in [4.78, 5) is 22.8. The molecular formula is C43H59N2O9+. The Hall–Kier alpha value is -4.16. The van der Waals surface area contributed by atoms with Crippen molar-refractivity contribution in [1.82, 2.24) is 0 Å². The third-order valence-corrected chi connectivity index (χ3v) is 11.9. The summed E-state index contributed by atoms with van der Waals surface area (Å²) in [6.07, 6.45) is 8.76. The predicted octanol–water partition coefficient (Wildman–Crippen LogP) is 7.03. The van der Waals surface area contributed by atoms with Crippen molar-refractivity contribution >= 4 is 11.9 Å². The summed E-state index contributed by atoms with van der Waals surface area (Å²) in [5.41, 5.74) is 5.08. The zero-order chi connectivity index (χ0) is 39.0. The predicted molar refractivity (Wildman–Crippen MR) is 206 cm³/mol. The van der Waals surface area contributed by atoms with Crippen molar-refractivity contribution in [3.63, 3.8) is 0 Å². The molecule has 3 aliphatic rings. The highest BCUT2D eigenvalue weighted by Gasteiger charge is 2.67. The van der Waals surface area contributed by atoms with Gasteiger partial charge in [-0.15, -0.1) is 0 Å². The molecule has 11 nitrogen and oxygen atoms in total. The van der Waals surface area contributed by atoms with Gasteiger partial charge in [0.05, 0.1) is 60.2 Å². The Kier molecular flexibility index (Phi) is 13.3. The lowest BCUT2D eigenvalue weighted by molar-refractivity contribution is -1.07. The molecule has 6 rings (SSSR count). The van der Waals surface area contributed by atoms with E-state index in [1.54, 1.807) is 28.3 Å². The first-order valence-electron chi connectivity index (χ1n) is 19.3. The minimum absolute atomic E-state index is 0.0242. The van der Waals surface area contributed by atoms with Crippen LogP contribution in [0.25, 0.3) is 0 Å². The molecule has 0 amide bonds. The summed E-state index contributed by atoms with van der Waals surface area (Å²) in [5, 5.41) is 32.1. The van der Waals surface area contributed by atoms with Crippen LogP contribution in [0.15, 0.2) is 66.7 Å². The summed E-state index contributed by atoms with van der Waals surface area (Å²) in [6, 6.07) is 22.2. The van der Waals surface area contributed by atoms with Gasteiger partial charge >= 0.3 is 11.9 Å². The molecule has 0 radical (unpaired) electrons. The molecule has 1 saturated carbocycles. The van der Waals surface area contributed by atoms with Crippen molar-refractivity contribution in [2.45, 2.75) is 94.1 Å². The van der Waals surface area contributed by atoms with Crippen molar-refractivity contribution in [2.75, 3.05) is 55.1 Å². The third-order valence-electron chi connectivity index (χ3n) is 11.9. The van der Waals surface area contributed by atoms with Gasteiger partial charge in [-0.1, -0.05) is 42.8 Å². The number of nitrogens with zero attached hydrogens (tertiary/aromatic N) is 2. The van der Waals surface area contributed by atoms with Gasteiger partial charge in [0.15, 0.2) is 0 Å². The highest BCUT2D eigenvalue weighted by atomic mass is 16.6. The van der Waals surface area contributed by atoms with Gasteiger partial charge in [0.2, 0.25) is 0 Å². The lowest BCUT2D eigenvalue weighted by atomic mass is 9.53. The third kappa shape index (κ3) is 9.55. The van der Waals surface area contributed by atoms with E-state index < -0.39 is 18.0 Å². The van der Waals surface area contributed by atoms with E-state index in [0.29, 0.717) is 18.7 Å². The molecule has 294 valence electrons. The molecule has 1 heterocycles. The first-order chi connectivity index (χ1) is 25.7. The number of hydroxylamine groups is 6. The Morgan fingerprint density at radius 1 is 0.907 bits per heavy atom. The molecule has 54 heavy (non-hydrogen) atoms. The minimum Gasteiger partial charge on any atom is -0.633 e. The number of likely N-dealkylation sites (tertiary alicyclic amines) is 1. The molecular weight excluding hydrogens is 688 g/mol. The zero-order valence-electron chi connectivity index (χ0n) is 32.7. The molecule has 2 aliphatic carbocycles. The maximum atomic E-state index is 13.3. The molecule has 0 bridgehead atoms. The first kappa shape index (κ1) is 41.0. The van der Waals surface area contributed by atoms with Crippen molar-refractivity contribution in [3.8, 4) is 17.2 Å². The maximum absolute atomic E-state index is 13.3. The summed E-state index contributed by atoms with van der Waals surface area (Å²) < 4.78 is 21.9. The number of likely N-dealkylation sites (N-methyl/N-ethyl adjacent to an activating group) is 1. The lowest BCUT2D eigenvalue weighted by Gasteiger charge is -2.60. The average Bonchev–Trinajstić information content (AvgIpc) is 3.42. The number of hydrogen-bond acceptors (Lipinski definition) is 8. The number of fused-ring (bicyclic) bond motifs is 1. The molecule has 2 unspecified atom stereocenters. The number of para-hydroxylation sites is 1. The fourth-order valence-corrected chi connectivity index (χ4v) is 9.02. The van der Waals surface area contributed by atoms with Crippen LogP contribution in [0.3, 0.4) is 0 Å². The number of carboxylic acid groups (broad SMARTS) is 1. The van der Waals surface area contributed by atoms with Gasteiger partial charge in [-0.25, -0.2) is 5.21 Å². The highest BCUT2D eigenvalue weighted by Crippen LogP contribution is 2.63. The number of esters is 1. The SMILES string of the molecule is COc1ccc2c(c1)[C@]13CCCC[C@@]1(CC2)[N+](C)([O-])CC3.COc1cccc(CCc2ccccc2OCC(CC[N+](C)(C)O)OC(=O)CCC(=O)O)c1. The normalized spacial score (nSPS) is 23.4. The number of methoxy groups -OCH3 is 2. The van der Waals surface area contributed by atoms with E-state index in [4.69, 9.17) is 24.1 Å². The van der Waals surface area contributed by atoms with Gasteiger partial charge < -0.3 is 33.9 Å². The number of quaternary nitrogens is 2. The number of ether oxygens (including phenoxy) is 4. The quantitative estimate of drug-likeness (QED) is 0.0728. The van der Waals surface area contributed by atoms with E-state index in [9.17, 15) is 20.0 Å². The number of carbonyl (C=O) groups excluding carboxylic acids is 1. The highest BCUT2D eigenvalue weighted by molar-refractivity contribution is 5.76. The van der Waals surface area contributed by atoms with E-state index in [0.717, 1.165) is 67.7 Å². The van der Waals surface area contributed by atoms with E-state index in [2.05, 4.69) is 18.2 Å².